The highest BCUT2D eigenvalue weighted by molar-refractivity contribution is 5.74. The molecule has 1 rings (SSSR count). The number of anilines is 1. The first-order valence-corrected chi connectivity index (χ1v) is 3.97. The van der Waals surface area contributed by atoms with Crippen molar-refractivity contribution in [2.45, 2.75) is 13.8 Å². The van der Waals surface area contributed by atoms with Crippen molar-refractivity contribution >= 4 is 11.7 Å². The summed E-state index contributed by atoms with van der Waals surface area (Å²) in [5.41, 5.74) is 2.57. The molecule has 0 saturated carbocycles. The smallest absolute Gasteiger partial charge is 0.323 e. The number of nitrogens with zero attached hydrogens (tertiary/aromatic N) is 2. The number of carboxylic acid groups (broad SMARTS) is 1. The van der Waals surface area contributed by atoms with Crippen LogP contribution in [0.2, 0.25) is 0 Å². The summed E-state index contributed by atoms with van der Waals surface area (Å²) in [5.74, 6) is -0.845. The third-order valence-corrected chi connectivity index (χ3v) is 1.84. The maximum atomic E-state index is 10.5. The zero-order chi connectivity index (χ0) is 10.0. The van der Waals surface area contributed by atoms with E-state index in [1.807, 2.05) is 13.8 Å². The number of carbonyl (C=O) groups is 1. The van der Waals surface area contributed by atoms with Gasteiger partial charge in [-0.3, -0.25) is 9.89 Å². The molecule has 2 N–H and O–H groups in total. The monoisotopic (exact) mass is 183 g/mol. The molecule has 0 spiro atoms. The average Bonchev–Trinajstić information content (AvgIpc) is 2.29. The van der Waals surface area contributed by atoms with Gasteiger partial charge >= 0.3 is 5.97 Å². The fraction of sp³-hybridized carbons (Fsp3) is 0.500. The van der Waals surface area contributed by atoms with Crippen molar-refractivity contribution in [1.82, 2.24) is 10.2 Å². The van der Waals surface area contributed by atoms with Gasteiger partial charge in [0.2, 0.25) is 0 Å². The second-order valence-corrected chi connectivity index (χ2v) is 3.03. The van der Waals surface area contributed by atoms with E-state index >= 15 is 0 Å². The molecule has 0 aliphatic carbocycles. The fourth-order valence-corrected chi connectivity index (χ4v) is 1.39. The number of aryl methyl sites for hydroxylation is 2. The van der Waals surface area contributed by atoms with Crippen LogP contribution in [0.5, 0.6) is 0 Å². The Kier molecular flexibility index (Phi) is 2.55. The Balaban J connectivity index is 2.87. The first kappa shape index (κ1) is 9.57. The number of hydrogen-bond donors (Lipinski definition) is 2. The van der Waals surface area contributed by atoms with Gasteiger partial charge in [0.25, 0.3) is 0 Å². The van der Waals surface area contributed by atoms with Gasteiger partial charge in [-0.25, -0.2) is 0 Å². The second kappa shape index (κ2) is 3.47. The number of hydrogen-bond acceptors (Lipinski definition) is 3. The minimum atomic E-state index is -0.845. The molecule has 0 amide bonds. The molecular weight excluding hydrogens is 170 g/mol. The lowest BCUT2D eigenvalue weighted by Crippen LogP contribution is -2.25. The number of likely N-dealkylation sites (N-methyl/N-ethyl adjacent to an activating group) is 1. The number of nitrogens with one attached hydrogen (secondary N) is 1. The van der Waals surface area contributed by atoms with E-state index in [2.05, 4.69) is 10.2 Å². The summed E-state index contributed by atoms with van der Waals surface area (Å²) in [6.07, 6.45) is 0. The molecule has 13 heavy (non-hydrogen) atoms. The van der Waals surface area contributed by atoms with Crippen LogP contribution in [0.25, 0.3) is 0 Å². The molecule has 72 valence electrons. The standard InChI is InChI=1S/C8H13N3O2/c1-5-8(6(2)10-9-5)11(3)4-7(12)13/h4H2,1-3H3,(H,9,10)(H,12,13). The van der Waals surface area contributed by atoms with Gasteiger partial charge in [-0.15, -0.1) is 0 Å². The summed E-state index contributed by atoms with van der Waals surface area (Å²) < 4.78 is 0. The van der Waals surface area contributed by atoms with Crippen LogP contribution in [0.3, 0.4) is 0 Å². The van der Waals surface area contributed by atoms with E-state index in [9.17, 15) is 4.79 Å². The summed E-state index contributed by atoms with van der Waals surface area (Å²) in [6.45, 7) is 3.70. The minimum absolute atomic E-state index is 0.0127. The maximum Gasteiger partial charge on any atom is 0.323 e. The van der Waals surface area contributed by atoms with Gasteiger partial charge in [0.05, 0.1) is 17.1 Å². The molecule has 0 bridgehead atoms. The third-order valence-electron chi connectivity index (χ3n) is 1.84. The number of carboxylic acids is 1. The SMILES string of the molecule is Cc1n[nH]c(C)c1N(C)CC(=O)O. The van der Waals surface area contributed by atoms with Crippen molar-refractivity contribution < 1.29 is 9.90 Å². The molecule has 0 saturated heterocycles. The second-order valence-electron chi connectivity index (χ2n) is 3.03. The quantitative estimate of drug-likeness (QED) is 0.717. The molecule has 0 aromatic carbocycles. The molecule has 5 nitrogen and oxygen atoms in total. The Bertz CT molecular complexity index is 300. The molecule has 0 radical (unpaired) electrons. The van der Waals surface area contributed by atoms with Crippen LogP contribution in [0.1, 0.15) is 11.4 Å². The lowest BCUT2D eigenvalue weighted by atomic mass is 10.3. The van der Waals surface area contributed by atoms with Crippen molar-refractivity contribution in [2.24, 2.45) is 0 Å². The van der Waals surface area contributed by atoms with Gasteiger partial charge in [-0.2, -0.15) is 5.10 Å². The first-order chi connectivity index (χ1) is 6.02. The van der Waals surface area contributed by atoms with Crippen LogP contribution in [0, 0.1) is 13.8 Å². The zero-order valence-corrected chi connectivity index (χ0v) is 7.96. The normalized spacial score (nSPS) is 10.1. The third kappa shape index (κ3) is 1.99. The number of aromatic nitrogens is 2. The molecular formula is C8H13N3O2. The highest BCUT2D eigenvalue weighted by Gasteiger charge is 2.12. The Morgan fingerprint density at radius 2 is 2.23 bits per heavy atom. The van der Waals surface area contributed by atoms with E-state index in [1.54, 1.807) is 11.9 Å². The van der Waals surface area contributed by atoms with Crippen molar-refractivity contribution in [3.05, 3.63) is 11.4 Å². The molecule has 0 fully saturated rings. The van der Waals surface area contributed by atoms with Gasteiger partial charge in [-0.05, 0) is 13.8 Å². The summed E-state index contributed by atoms with van der Waals surface area (Å²) in [6, 6.07) is 0. The lowest BCUT2D eigenvalue weighted by molar-refractivity contribution is -0.135. The molecule has 0 aliphatic heterocycles. The Hall–Kier alpha value is -1.52. The minimum Gasteiger partial charge on any atom is -0.480 e. The van der Waals surface area contributed by atoms with E-state index < -0.39 is 5.97 Å². The Morgan fingerprint density at radius 1 is 1.62 bits per heavy atom. The highest BCUT2D eigenvalue weighted by atomic mass is 16.4. The Morgan fingerprint density at radius 3 is 2.62 bits per heavy atom. The number of H-pyrrole nitrogens is 1. The Labute approximate surface area is 76.4 Å². The summed E-state index contributed by atoms with van der Waals surface area (Å²) in [7, 11) is 1.74. The average molecular weight is 183 g/mol. The van der Waals surface area contributed by atoms with Crippen molar-refractivity contribution in [3.8, 4) is 0 Å². The molecule has 0 unspecified atom stereocenters. The number of aromatic amines is 1. The van der Waals surface area contributed by atoms with Crippen LogP contribution in [-0.2, 0) is 4.79 Å². The van der Waals surface area contributed by atoms with E-state index in [4.69, 9.17) is 5.11 Å². The maximum absolute atomic E-state index is 10.5. The van der Waals surface area contributed by atoms with Gasteiger partial charge in [0.1, 0.15) is 6.54 Å². The van der Waals surface area contributed by atoms with Crippen molar-refractivity contribution in [3.63, 3.8) is 0 Å². The largest absolute Gasteiger partial charge is 0.480 e. The van der Waals surface area contributed by atoms with E-state index in [0.29, 0.717) is 0 Å². The molecule has 0 aliphatic rings. The van der Waals surface area contributed by atoms with Crippen LogP contribution < -0.4 is 4.90 Å². The zero-order valence-electron chi connectivity index (χ0n) is 7.96. The molecule has 0 atom stereocenters. The molecule has 5 heteroatoms. The van der Waals surface area contributed by atoms with Crippen LogP contribution >= 0.6 is 0 Å². The van der Waals surface area contributed by atoms with E-state index in [0.717, 1.165) is 17.1 Å². The van der Waals surface area contributed by atoms with Crippen molar-refractivity contribution in [1.29, 1.82) is 0 Å². The van der Waals surface area contributed by atoms with E-state index in [-0.39, 0.29) is 6.54 Å². The van der Waals surface area contributed by atoms with Crippen LogP contribution in [-0.4, -0.2) is 34.9 Å². The van der Waals surface area contributed by atoms with Gasteiger partial charge in [0.15, 0.2) is 0 Å². The van der Waals surface area contributed by atoms with Crippen LogP contribution in [0.15, 0.2) is 0 Å². The molecule has 1 aromatic heterocycles. The fourth-order valence-electron chi connectivity index (χ4n) is 1.39. The predicted molar refractivity (Wildman–Crippen MR) is 49.0 cm³/mol. The topological polar surface area (TPSA) is 69.2 Å². The summed E-state index contributed by atoms with van der Waals surface area (Å²) in [5, 5.41) is 15.4. The highest BCUT2D eigenvalue weighted by Crippen LogP contribution is 2.19. The first-order valence-electron chi connectivity index (χ1n) is 3.97. The van der Waals surface area contributed by atoms with Gasteiger partial charge in [-0.1, -0.05) is 0 Å². The van der Waals surface area contributed by atoms with Crippen molar-refractivity contribution in [2.75, 3.05) is 18.5 Å². The van der Waals surface area contributed by atoms with Gasteiger partial charge < -0.3 is 10.0 Å². The van der Waals surface area contributed by atoms with Gasteiger partial charge in [0, 0.05) is 7.05 Å². The predicted octanol–water partition coefficient (Wildman–Crippen LogP) is 0.547. The summed E-state index contributed by atoms with van der Waals surface area (Å²) in [4.78, 5) is 12.1. The number of aliphatic carboxylic acids is 1. The summed E-state index contributed by atoms with van der Waals surface area (Å²) >= 11 is 0. The molecule has 1 aromatic rings. The van der Waals surface area contributed by atoms with Crippen LogP contribution in [0.4, 0.5) is 5.69 Å². The molecule has 1 heterocycles. The van der Waals surface area contributed by atoms with E-state index in [1.165, 1.54) is 0 Å². The lowest BCUT2D eigenvalue weighted by Gasteiger charge is -2.16. The number of rotatable bonds is 3.